The van der Waals surface area contributed by atoms with Crippen LogP contribution in [0.15, 0.2) is 27.2 Å². The van der Waals surface area contributed by atoms with Crippen LogP contribution in [-0.4, -0.2) is 21.9 Å². The fourth-order valence-electron chi connectivity index (χ4n) is 0.893. The molecule has 0 unspecified atom stereocenters. The molecule has 0 radical (unpaired) electrons. The van der Waals surface area contributed by atoms with Crippen molar-refractivity contribution in [3.05, 3.63) is 24.3 Å². The molecule has 0 saturated heterocycles. The highest BCUT2D eigenvalue weighted by Gasteiger charge is 2.15. The van der Waals surface area contributed by atoms with E-state index in [-0.39, 0.29) is 17.7 Å². The Hall–Kier alpha value is -1.62. The van der Waals surface area contributed by atoms with Gasteiger partial charge < -0.3 is 8.83 Å². The third-order valence-corrected chi connectivity index (χ3v) is 1.76. The van der Waals surface area contributed by atoms with Crippen LogP contribution in [0.4, 0.5) is 0 Å². The maximum absolute atomic E-state index is 11.0. The number of Topliss-reactive ketones (excluding diaryl/α,β-unsaturated/α-hetero) is 1. The summed E-state index contributed by atoms with van der Waals surface area (Å²) in [5, 5.41) is 7.17. The maximum Gasteiger partial charge on any atom is 0.285 e. The zero-order valence-electron chi connectivity index (χ0n) is 6.94. The zero-order chi connectivity index (χ0) is 9.97. The van der Waals surface area contributed by atoms with Gasteiger partial charge in [0, 0.05) is 0 Å². The third-order valence-electron chi connectivity index (χ3n) is 1.52. The summed E-state index contributed by atoms with van der Waals surface area (Å²) in [6, 6.07) is 3.34. The van der Waals surface area contributed by atoms with E-state index in [0.717, 1.165) is 0 Å². The first-order chi connectivity index (χ1) is 6.81. The van der Waals surface area contributed by atoms with Crippen molar-refractivity contribution < 1.29 is 13.6 Å². The van der Waals surface area contributed by atoms with Crippen LogP contribution in [0.25, 0.3) is 11.7 Å². The highest BCUT2D eigenvalue weighted by atomic mass is 35.5. The van der Waals surface area contributed by atoms with Crippen molar-refractivity contribution in [3.8, 4) is 11.7 Å². The van der Waals surface area contributed by atoms with Gasteiger partial charge in [0.15, 0.2) is 5.76 Å². The van der Waals surface area contributed by atoms with Crippen molar-refractivity contribution in [2.75, 3.05) is 5.88 Å². The highest BCUT2D eigenvalue weighted by Crippen LogP contribution is 2.17. The second-order valence-corrected chi connectivity index (χ2v) is 2.71. The van der Waals surface area contributed by atoms with Gasteiger partial charge in [-0.2, -0.15) is 0 Å². The molecular weight excluding hydrogens is 208 g/mol. The van der Waals surface area contributed by atoms with Crippen molar-refractivity contribution in [3.63, 3.8) is 0 Å². The van der Waals surface area contributed by atoms with E-state index in [0.29, 0.717) is 5.76 Å². The molecule has 0 fully saturated rings. The van der Waals surface area contributed by atoms with Crippen molar-refractivity contribution in [2.45, 2.75) is 0 Å². The van der Waals surface area contributed by atoms with Gasteiger partial charge in [-0.15, -0.1) is 21.8 Å². The lowest BCUT2D eigenvalue weighted by Gasteiger charge is -1.86. The van der Waals surface area contributed by atoms with E-state index in [9.17, 15) is 4.79 Å². The van der Waals surface area contributed by atoms with E-state index >= 15 is 0 Å². The van der Waals surface area contributed by atoms with Crippen molar-refractivity contribution in [2.24, 2.45) is 0 Å². The topological polar surface area (TPSA) is 69.1 Å². The number of hydrogen-bond donors (Lipinski definition) is 0. The van der Waals surface area contributed by atoms with E-state index in [1.807, 2.05) is 0 Å². The largest absolute Gasteiger partial charge is 0.459 e. The van der Waals surface area contributed by atoms with E-state index in [1.165, 1.54) is 6.26 Å². The van der Waals surface area contributed by atoms with E-state index in [1.54, 1.807) is 12.1 Å². The van der Waals surface area contributed by atoms with E-state index in [4.69, 9.17) is 20.4 Å². The molecule has 0 N–H and O–H groups in total. The number of carbonyl (C=O) groups excluding carboxylic acids is 1. The molecule has 0 amide bonds. The summed E-state index contributed by atoms with van der Waals surface area (Å²) in [5.74, 6) is -0.0993. The van der Waals surface area contributed by atoms with Gasteiger partial charge in [-0.25, -0.2) is 0 Å². The van der Waals surface area contributed by atoms with Crippen LogP contribution in [0.5, 0.6) is 0 Å². The van der Waals surface area contributed by atoms with Gasteiger partial charge in [0.1, 0.15) is 0 Å². The number of furan rings is 1. The summed E-state index contributed by atoms with van der Waals surface area (Å²) in [7, 11) is 0. The SMILES string of the molecule is O=C(CCl)c1nnc(-c2ccco2)o1. The standard InChI is InChI=1S/C8H5ClN2O3/c9-4-5(12)7-10-11-8(14-7)6-2-1-3-13-6/h1-3H,4H2. The smallest absolute Gasteiger partial charge is 0.285 e. The van der Waals surface area contributed by atoms with E-state index < -0.39 is 5.78 Å². The van der Waals surface area contributed by atoms with Crippen molar-refractivity contribution >= 4 is 17.4 Å². The van der Waals surface area contributed by atoms with Crippen LogP contribution in [0, 0.1) is 0 Å². The minimum Gasteiger partial charge on any atom is -0.459 e. The quantitative estimate of drug-likeness (QED) is 0.573. The van der Waals surface area contributed by atoms with Gasteiger partial charge in [0.05, 0.1) is 12.1 Å². The maximum atomic E-state index is 11.0. The molecule has 2 aromatic heterocycles. The number of nitrogens with zero attached hydrogens (tertiary/aromatic N) is 2. The number of carbonyl (C=O) groups is 1. The van der Waals surface area contributed by atoms with Gasteiger partial charge in [-0.1, -0.05) is 0 Å². The molecule has 6 heteroatoms. The van der Waals surface area contributed by atoms with Gasteiger partial charge >= 0.3 is 0 Å². The highest BCUT2D eigenvalue weighted by molar-refractivity contribution is 6.29. The molecule has 72 valence electrons. The average Bonchev–Trinajstić information content (AvgIpc) is 2.86. The summed E-state index contributed by atoms with van der Waals surface area (Å²) in [5.41, 5.74) is 0. The Balaban J connectivity index is 2.31. The first-order valence-corrected chi connectivity index (χ1v) is 4.31. The average molecular weight is 213 g/mol. The fraction of sp³-hybridized carbons (Fsp3) is 0.125. The molecule has 2 rings (SSSR count). The molecule has 2 heterocycles. The molecule has 0 aliphatic carbocycles. The number of ketones is 1. The molecule has 0 spiro atoms. The minimum absolute atomic E-state index is 0.105. The molecule has 0 saturated carbocycles. The van der Waals surface area contributed by atoms with Gasteiger partial charge in [-0.3, -0.25) is 4.79 Å². The Morgan fingerprint density at radius 1 is 1.50 bits per heavy atom. The van der Waals surface area contributed by atoms with Gasteiger partial charge in [-0.05, 0) is 12.1 Å². The number of hydrogen-bond acceptors (Lipinski definition) is 5. The van der Waals surface area contributed by atoms with Crippen molar-refractivity contribution in [1.29, 1.82) is 0 Å². The predicted molar refractivity (Wildman–Crippen MR) is 47.1 cm³/mol. The molecule has 0 aliphatic rings. The zero-order valence-corrected chi connectivity index (χ0v) is 7.69. The Morgan fingerprint density at radius 2 is 2.36 bits per heavy atom. The molecule has 2 aromatic rings. The minimum atomic E-state index is -0.406. The van der Waals surface area contributed by atoms with Gasteiger partial charge in [0.25, 0.3) is 11.8 Å². The molecule has 0 atom stereocenters. The van der Waals surface area contributed by atoms with Crippen LogP contribution < -0.4 is 0 Å². The number of halogens is 1. The normalized spacial score (nSPS) is 10.4. The molecule has 0 aromatic carbocycles. The Labute approximate surface area is 83.7 Å². The Bertz CT molecular complexity index is 435. The van der Waals surface area contributed by atoms with Crippen LogP contribution in [0.1, 0.15) is 10.7 Å². The fourth-order valence-corrected chi connectivity index (χ4v) is 1.01. The summed E-state index contributed by atoms with van der Waals surface area (Å²) in [6.07, 6.45) is 1.47. The summed E-state index contributed by atoms with van der Waals surface area (Å²) in [6.45, 7) is 0. The first-order valence-electron chi connectivity index (χ1n) is 3.78. The second kappa shape index (κ2) is 3.63. The summed E-state index contributed by atoms with van der Waals surface area (Å²) < 4.78 is 10.0. The molecule has 14 heavy (non-hydrogen) atoms. The Kier molecular flexibility index (Phi) is 2.32. The second-order valence-electron chi connectivity index (χ2n) is 2.45. The Morgan fingerprint density at radius 3 is 3.00 bits per heavy atom. The van der Waals surface area contributed by atoms with Crippen LogP contribution in [-0.2, 0) is 0 Å². The summed E-state index contributed by atoms with van der Waals surface area (Å²) >= 11 is 5.32. The third kappa shape index (κ3) is 1.54. The van der Waals surface area contributed by atoms with Crippen molar-refractivity contribution in [1.82, 2.24) is 10.2 Å². The summed E-state index contributed by atoms with van der Waals surface area (Å²) in [4.78, 5) is 11.0. The van der Waals surface area contributed by atoms with Gasteiger partial charge in [0.2, 0.25) is 5.78 Å². The lowest BCUT2D eigenvalue weighted by molar-refractivity contribution is 0.0984. The lowest BCUT2D eigenvalue weighted by atomic mass is 10.4. The molecule has 5 nitrogen and oxygen atoms in total. The molecule has 0 aliphatic heterocycles. The van der Waals surface area contributed by atoms with Crippen LogP contribution in [0.3, 0.4) is 0 Å². The number of alkyl halides is 1. The molecular formula is C8H5ClN2O3. The molecule has 0 bridgehead atoms. The van der Waals surface area contributed by atoms with E-state index in [2.05, 4.69) is 10.2 Å². The lowest BCUT2D eigenvalue weighted by Crippen LogP contribution is -1.99. The van der Waals surface area contributed by atoms with Crippen LogP contribution >= 0.6 is 11.6 Å². The predicted octanol–water partition coefficient (Wildman–Crippen LogP) is 1.75. The monoisotopic (exact) mass is 212 g/mol. The van der Waals surface area contributed by atoms with Crippen LogP contribution in [0.2, 0.25) is 0 Å². The number of rotatable bonds is 3. The number of aromatic nitrogens is 2. The first kappa shape index (κ1) is 8.96.